The lowest BCUT2D eigenvalue weighted by Crippen LogP contribution is -2.49. The molecule has 1 aliphatic heterocycles. The maximum Gasteiger partial charge on any atom is 0.189 e. The second kappa shape index (κ2) is 7.24. The molecule has 5 heteroatoms. The minimum absolute atomic E-state index is 0.0103. The van der Waals surface area contributed by atoms with Crippen molar-refractivity contribution < 1.29 is 4.74 Å². The summed E-state index contributed by atoms with van der Waals surface area (Å²) in [5, 5.41) is 3.41. The topological polar surface area (TPSA) is 62.9 Å². The molecule has 3 N–H and O–H groups in total. The number of hydrogen-bond donors (Lipinski definition) is 2. The molecule has 1 atom stereocenters. The fourth-order valence-corrected chi connectivity index (χ4v) is 4.19. The highest BCUT2D eigenvalue weighted by atomic mass is 16.5. The Hall–Kier alpha value is -2.53. The van der Waals surface area contributed by atoms with Crippen LogP contribution in [0.5, 0.6) is 5.75 Å². The average Bonchev–Trinajstić information content (AvgIpc) is 3.07. The zero-order chi connectivity index (χ0) is 18.9. The molecular formula is C22H28N4O. The van der Waals surface area contributed by atoms with E-state index in [1.807, 2.05) is 18.2 Å². The van der Waals surface area contributed by atoms with Crippen LogP contribution in [-0.4, -0.2) is 43.6 Å². The highest BCUT2D eigenvalue weighted by molar-refractivity contribution is 5.78. The highest BCUT2D eigenvalue weighted by Crippen LogP contribution is 2.34. The summed E-state index contributed by atoms with van der Waals surface area (Å²) >= 11 is 0. The minimum Gasteiger partial charge on any atom is -0.493 e. The van der Waals surface area contributed by atoms with E-state index >= 15 is 0 Å². The van der Waals surface area contributed by atoms with Crippen LogP contribution in [0.15, 0.2) is 53.5 Å². The number of nitrogens with two attached hydrogens (primary N) is 1. The number of benzene rings is 2. The van der Waals surface area contributed by atoms with E-state index in [0.717, 1.165) is 30.6 Å². The first-order valence-electron chi connectivity index (χ1n) is 9.60. The Kier molecular flexibility index (Phi) is 4.79. The third-order valence-corrected chi connectivity index (χ3v) is 5.93. The van der Waals surface area contributed by atoms with Crippen molar-refractivity contribution >= 4 is 5.96 Å². The van der Waals surface area contributed by atoms with Gasteiger partial charge in [0.15, 0.2) is 5.96 Å². The van der Waals surface area contributed by atoms with Crippen molar-refractivity contribution in [1.29, 1.82) is 0 Å². The number of nitrogens with zero attached hydrogens (tertiary/aromatic N) is 2. The fourth-order valence-electron chi connectivity index (χ4n) is 4.19. The molecule has 142 valence electrons. The van der Waals surface area contributed by atoms with E-state index in [1.54, 1.807) is 0 Å². The van der Waals surface area contributed by atoms with Gasteiger partial charge in [-0.05, 0) is 44.1 Å². The lowest BCUT2D eigenvalue weighted by atomic mass is 9.94. The molecule has 1 aliphatic carbocycles. The SMILES string of the molecule is CN(C)C1(CN=C(N)NC2CCOc3ccccc32)Cc2ccccc2C1. The van der Waals surface area contributed by atoms with Crippen molar-refractivity contribution in [2.24, 2.45) is 10.7 Å². The summed E-state index contributed by atoms with van der Waals surface area (Å²) in [5.74, 6) is 1.44. The summed E-state index contributed by atoms with van der Waals surface area (Å²) in [6.45, 7) is 1.37. The Bertz CT molecular complexity index is 821. The summed E-state index contributed by atoms with van der Waals surface area (Å²) in [6.07, 6.45) is 2.90. The third-order valence-electron chi connectivity index (χ3n) is 5.93. The van der Waals surface area contributed by atoms with E-state index in [9.17, 15) is 0 Å². The Labute approximate surface area is 161 Å². The van der Waals surface area contributed by atoms with Gasteiger partial charge in [0, 0.05) is 17.5 Å². The van der Waals surface area contributed by atoms with Crippen LogP contribution >= 0.6 is 0 Å². The molecule has 27 heavy (non-hydrogen) atoms. The molecule has 5 nitrogen and oxygen atoms in total. The molecule has 0 fully saturated rings. The molecule has 1 heterocycles. The first-order chi connectivity index (χ1) is 13.1. The number of nitrogens with one attached hydrogen (secondary N) is 1. The van der Waals surface area contributed by atoms with Gasteiger partial charge in [-0.2, -0.15) is 0 Å². The number of hydrogen-bond acceptors (Lipinski definition) is 3. The van der Waals surface area contributed by atoms with Crippen LogP contribution in [0.4, 0.5) is 0 Å². The quantitative estimate of drug-likeness (QED) is 0.646. The Balaban J connectivity index is 1.48. The molecule has 2 aromatic rings. The Morgan fingerprint density at radius 1 is 1.15 bits per heavy atom. The van der Waals surface area contributed by atoms with Gasteiger partial charge in [-0.15, -0.1) is 0 Å². The maximum absolute atomic E-state index is 6.28. The zero-order valence-electron chi connectivity index (χ0n) is 16.1. The number of rotatable bonds is 4. The van der Waals surface area contributed by atoms with Crippen molar-refractivity contribution in [1.82, 2.24) is 10.2 Å². The molecule has 2 aliphatic rings. The smallest absolute Gasteiger partial charge is 0.189 e. The van der Waals surface area contributed by atoms with Crippen LogP contribution in [-0.2, 0) is 12.8 Å². The molecule has 0 aromatic heterocycles. The first kappa shape index (κ1) is 17.9. The first-order valence-corrected chi connectivity index (χ1v) is 9.60. The fraction of sp³-hybridized carbons (Fsp3) is 0.409. The third kappa shape index (κ3) is 3.52. The van der Waals surface area contributed by atoms with Gasteiger partial charge < -0.3 is 20.7 Å². The molecule has 0 amide bonds. The predicted molar refractivity (Wildman–Crippen MR) is 109 cm³/mol. The van der Waals surface area contributed by atoms with Crippen LogP contribution < -0.4 is 15.8 Å². The van der Waals surface area contributed by atoms with Crippen LogP contribution in [0.1, 0.15) is 29.2 Å². The number of fused-ring (bicyclic) bond motifs is 2. The second-order valence-electron chi connectivity index (χ2n) is 7.81. The number of aliphatic imine (C=N–C) groups is 1. The molecule has 4 rings (SSSR count). The van der Waals surface area contributed by atoms with Crippen molar-refractivity contribution in [3.8, 4) is 5.75 Å². The Morgan fingerprint density at radius 2 is 1.81 bits per heavy atom. The average molecular weight is 364 g/mol. The summed E-state index contributed by atoms with van der Waals surface area (Å²) in [7, 11) is 4.28. The van der Waals surface area contributed by atoms with E-state index < -0.39 is 0 Å². The van der Waals surface area contributed by atoms with Crippen LogP contribution in [0.2, 0.25) is 0 Å². The van der Waals surface area contributed by atoms with Crippen LogP contribution in [0.25, 0.3) is 0 Å². The predicted octanol–water partition coefficient (Wildman–Crippen LogP) is 2.51. The minimum atomic E-state index is -0.0103. The van der Waals surface area contributed by atoms with Crippen LogP contribution in [0, 0.1) is 0 Å². The molecular weight excluding hydrogens is 336 g/mol. The van der Waals surface area contributed by atoms with Gasteiger partial charge >= 0.3 is 0 Å². The number of likely N-dealkylation sites (N-methyl/N-ethyl adjacent to an activating group) is 1. The second-order valence-corrected chi connectivity index (χ2v) is 7.81. The summed E-state index contributed by atoms with van der Waals surface area (Å²) in [6, 6.07) is 17.0. The van der Waals surface area contributed by atoms with E-state index in [0.29, 0.717) is 19.1 Å². The van der Waals surface area contributed by atoms with E-state index in [1.165, 1.54) is 11.1 Å². The number of guanidine groups is 1. The van der Waals surface area contributed by atoms with Gasteiger partial charge in [0.1, 0.15) is 5.75 Å². The number of ether oxygens (including phenoxy) is 1. The van der Waals surface area contributed by atoms with Gasteiger partial charge in [0.2, 0.25) is 0 Å². The van der Waals surface area contributed by atoms with Gasteiger partial charge in [-0.1, -0.05) is 42.5 Å². The van der Waals surface area contributed by atoms with Crippen molar-refractivity contribution in [2.45, 2.75) is 30.8 Å². The monoisotopic (exact) mass is 364 g/mol. The molecule has 0 spiro atoms. The van der Waals surface area contributed by atoms with Gasteiger partial charge in [-0.3, -0.25) is 4.99 Å². The molecule has 1 unspecified atom stereocenters. The largest absolute Gasteiger partial charge is 0.493 e. The maximum atomic E-state index is 6.28. The lowest BCUT2D eigenvalue weighted by Gasteiger charge is -2.35. The molecule has 2 aromatic carbocycles. The molecule has 0 saturated carbocycles. The van der Waals surface area contributed by atoms with Crippen molar-refractivity contribution in [2.75, 3.05) is 27.2 Å². The lowest BCUT2D eigenvalue weighted by molar-refractivity contribution is 0.171. The van der Waals surface area contributed by atoms with Crippen molar-refractivity contribution in [3.63, 3.8) is 0 Å². The summed E-state index contributed by atoms with van der Waals surface area (Å²) in [4.78, 5) is 7.05. The Morgan fingerprint density at radius 3 is 2.52 bits per heavy atom. The van der Waals surface area contributed by atoms with E-state index in [2.05, 4.69) is 54.6 Å². The zero-order valence-corrected chi connectivity index (χ0v) is 16.1. The summed E-state index contributed by atoms with van der Waals surface area (Å²) < 4.78 is 5.73. The standard InChI is InChI=1S/C22H28N4O/c1-26(2)22(13-16-7-3-4-8-17(16)14-22)15-24-21(23)25-19-11-12-27-20-10-6-5-9-18(19)20/h3-10,19H,11-15H2,1-2H3,(H3,23,24,25). The molecule has 0 bridgehead atoms. The van der Waals surface area contributed by atoms with Gasteiger partial charge in [-0.25, -0.2) is 0 Å². The van der Waals surface area contributed by atoms with Gasteiger partial charge in [0.25, 0.3) is 0 Å². The molecule has 0 radical (unpaired) electrons. The highest BCUT2D eigenvalue weighted by Gasteiger charge is 2.39. The number of para-hydroxylation sites is 1. The van der Waals surface area contributed by atoms with Crippen LogP contribution in [0.3, 0.4) is 0 Å². The van der Waals surface area contributed by atoms with Crippen molar-refractivity contribution in [3.05, 3.63) is 65.2 Å². The molecule has 0 saturated heterocycles. The summed E-state index contributed by atoms with van der Waals surface area (Å²) in [5.41, 5.74) is 10.3. The van der Waals surface area contributed by atoms with E-state index in [4.69, 9.17) is 15.5 Å². The van der Waals surface area contributed by atoms with E-state index in [-0.39, 0.29) is 11.6 Å². The normalized spacial score (nSPS) is 20.7. The van der Waals surface area contributed by atoms with Gasteiger partial charge in [0.05, 0.1) is 19.2 Å².